The maximum Gasteiger partial charge on any atom is 0.223 e. The minimum Gasteiger partial charge on any atom is -0.493 e. The molecule has 1 aromatic carbocycles. The molecule has 0 heterocycles. The van der Waals surface area contributed by atoms with Crippen molar-refractivity contribution in [3.8, 4) is 11.5 Å². The molecule has 0 aliphatic rings. The summed E-state index contributed by atoms with van der Waals surface area (Å²) in [7, 11) is 4.38. The number of carbonyl (C=O) groups is 1. The van der Waals surface area contributed by atoms with Gasteiger partial charge in [-0.2, -0.15) is 0 Å². The lowest BCUT2D eigenvalue weighted by Crippen LogP contribution is -2.33. The van der Waals surface area contributed by atoms with Crippen LogP contribution in [0.2, 0.25) is 0 Å². The van der Waals surface area contributed by atoms with Gasteiger partial charge in [-0.15, -0.1) is 0 Å². The lowest BCUT2D eigenvalue weighted by Gasteiger charge is -2.19. The van der Waals surface area contributed by atoms with E-state index in [2.05, 4.69) is 5.32 Å². The van der Waals surface area contributed by atoms with Gasteiger partial charge in [0.25, 0.3) is 0 Å². The van der Waals surface area contributed by atoms with Gasteiger partial charge in [-0.25, -0.2) is 4.39 Å². The van der Waals surface area contributed by atoms with Gasteiger partial charge in [-0.3, -0.25) is 4.79 Å². The summed E-state index contributed by atoms with van der Waals surface area (Å²) in [5, 5.41) is 2.71. The molecule has 0 aliphatic carbocycles. The Morgan fingerprint density at radius 1 is 1.27 bits per heavy atom. The van der Waals surface area contributed by atoms with Crippen LogP contribution in [0.25, 0.3) is 0 Å². The summed E-state index contributed by atoms with van der Waals surface area (Å²) in [5.41, 5.74) is 5.78. The van der Waals surface area contributed by atoms with Crippen LogP contribution >= 0.6 is 0 Å². The Morgan fingerprint density at radius 3 is 2.36 bits per heavy atom. The second-order valence-electron chi connectivity index (χ2n) is 4.82. The number of hydrogen-bond acceptors (Lipinski definition) is 5. The van der Waals surface area contributed by atoms with Crippen LogP contribution in [-0.2, 0) is 9.53 Å². The normalized spacial score (nSPS) is 13.4. The van der Waals surface area contributed by atoms with Gasteiger partial charge in [-0.05, 0) is 13.0 Å². The summed E-state index contributed by atoms with van der Waals surface area (Å²) < 4.78 is 29.3. The number of nitrogens with one attached hydrogen (secondary N) is 1. The molecule has 3 N–H and O–H groups in total. The summed E-state index contributed by atoms with van der Waals surface area (Å²) in [6.45, 7) is 1.93. The predicted octanol–water partition coefficient (Wildman–Crippen LogP) is 1.38. The van der Waals surface area contributed by atoms with Gasteiger partial charge in [0, 0.05) is 25.3 Å². The zero-order valence-electron chi connectivity index (χ0n) is 13.3. The van der Waals surface area contributed by atoms with E-state index in [-0.39, 0.29) is 25.0 Å². The van der Waals surface area contributed by atoms with Crippen LogP contribution in [0.5, 0.6) is 11.5 Å². The predicted molar refractivity (Wildman–Crippen MR) is 80.5 cm³/mol. The highest BCUT2D eigenvalue weighted by Crippen LogP contribution is 2.32. The molecular weight excluding hydrogens is 291 g/mol. The Bertz CT molecular complexity index is 507. The molecule has 6 nitrogen and oxygen atoms in total. The fourth-order valence-electron chi connectivity index (χ4n) is 2.05. The van der Waals surface area contributed by atoms with Crippen molar-refractivity contribution in [1.82, 2.24) is 5.32 Å². The van der Waals surface area contributed by atoms with Crippen LogP contribution in [0.1, 0.15) is 24.9 Å². The number of nitrogens with two attached hydrogens (primary N) is 1. The van der Waals surface area contributed by atoms with E-state index < -0.39 is 11.9 Å². The quantitative estimate of drug-likeness (QED) is 0.757. The van der Waals surface area contributed by atoms with Crippen molar-refractivity contribution in [3.63, 3.8) is 0 Å². The Morgan fingerprint density at radius 2 is 1.86 bits per heavy atom. The van der Waals surface area contributed by atoms with Gasteiger partial charge < -0.3 is 25.3 Å². The first-order chi connectivity index (χ1) is 10.5. The molecule has 1 rings (SSSR count). The molecule has 2 atom stereocenters. The van der Waals surface area contributed by atoms with E-state index in [4.69, 9.17) is 19.9 Å². The van der Waals surface area contributed by atoms with Crippen LogP contribution in [0.3, 0.4) is 0 Å². The molecule has 7 heteroatoms. The van der Waals surface area contributed by atoms with Gasteiger partial charge in [0.1, 0.15) is 5.82 Å². The molecule has 1 aromatic rings. The summed E-state index contributed by atoms with van der Waals surface area (Å²) in [6, 6.07) is 2.22. The van der Waals surface area contributed by atoms with Crippen molar-refractivity contribution in [2.75, 3.05) is 27.9 Å². The van der Waals surface area contributed by atoms with Crippen LogP contribution in [-0.4, -0.2) is 39.9 Å². The van der Waals surface area contributed by atoms with Crippen LogP contribution in [0, 0.1) is 5.82 Å². The first-order valence-corrected chi connectivity index (χ1v) is 6.90. The smallest absolute Gasteiger partial charge is 0.223 e. The maximum absolute atomic E-state index is 14.1. The third-order valence-electron chi connectivity index (χ3n) is 3.36. The monoisotopic (exact) mass is 314 g/mol. The van der Waals surface area contributed by atoms with E-state index in [1.54, 1.807) is 6.92 Å². The average Bonchev–Trinajstić information content (AvgIpc) is 2.51. The number of benzene rings is 1. The van der Waals surface area contributed by atoms with E-state index in [0.29, 0.717) is 17.1 Å². The highest BCUT2D eigenvalue weighted by Gasteiger charge is 2.19. The second-order valence-corrected chi connectivity index (χ2v) is 4.82. The fourth-order valence-corrected chi connectivity index (χ4v) is 2.05. The lowest BCUT2D eigenvalue weighted by atomic mass is 10.1. The molecular formula is C15H23FN2O4. The Labute approximate surface area is 129 Å². The van der Waals surface area contributed by atoms with Crippen molar-refractivity contribution in [3.05, 3.63) is 23.5 Å². The molecule has 2 unspecified atom stereocenters. The standard InChI is InChI=1S/C15H23FN2O4/c1-9(18-15(19)5-10(8-17)20-2)11-6-13(21-3)14(22-4)7-12(11)16/h6-7,9-10H,5,8,17H2,1-4H3,(H,18,19). The largest absolute Gasteiger partial charge is 0.493 e. The summed E-state index contributed by atoms with van der Waals surface area (Å²) in [6.07, 6.45) is -0.242. The second kappa shape index (κ2) is 8.55. The summed E-state index contributed by atoms with van der Waals surface area (Å²) in [5.74, 6) is -0.0480. The molecule has 0 saturated carbocycles. The third kappa shape index (κ3) is 4.57. The van der Waals surface area contributed by atoms with E-state index in [0.717, 1.165) is 0 Å². The zero-order chi connectivity index (χ0) is 16.7. The molecule has 0 saturated heterocycles. The van der Waals surface area contributed by atoms with E-state index in [9.17, 15) is 9.18 Å². The molecule has 0 bridgehead atoms. The van der Waals surface area contributed by atoms with E-state index in [1.165, 1.54) is 33.5 Å². The van der Waals surface area contributed by atoms with Crippen molar-refractivity contribution >= 4 is 5.91 Å². The van der Waals surface area contributed by atoms with Gasteiger partial charge in [-0.1, -0.05) is 0 Å². The maximum atomic E-state index is 14.1. The van der Waals surface area contributed by atoms with Gasteiger partial charge in [0.05, 0.1) is 32.8 Å². The van der Waals surface area contributed by atoms with Crippen molar-refractivity contribution in [2.24, 2.45) is 5.73 Å². The number of carbonyl (C=O) groups excluding carboxylic acids is 1. The SMILES string of the molecule is COc1cc(F)c(C(C)NC(=O)CC(CN)OC)cc1OC. The zero-order valence-corrected chi connectivity index (χ0v) is 13.3. The van der Waals surface area contributed by atoms with Crippen LogP contribution in [0.4, 0.5) is 4.39 Å². The number of amides is 1. The molecule has 0 radical (unpaired) electrons. The van der Waals surface area contributed by atoms with Crippen molar-refractivity contribution in [2.45, 2.75) is 25.5 Å². The lowest BCUT2D eigenvalue weighted by molar-refractivity contribution is -0.124. The number of ether oxygens (including phenoxy) is 3. The first-order valence-electron chi connectivity index (χ1n) is 6.90. The number of rotatable bonds is 8. The van der Waals surface area contributed by atoms with Gasteiger partial charge >= 0.3 is 0 Å². The number of halogens is 1. The highest BCUT2D eigenvalue weighted by molar-refractivity contribution is 5.77. The van der Waals surface area contributed by atoms with Gasteiger partial charge in [0.2, 0.25) is 5.91 Å². The molecule has 0 aliphatic heterocycles. The van der Waals surface area contributed by atoms with E-state index in [1.807, 2.05) is 0 Å². The van der Waals surface area contributed by atoms with E-state index >= 15 is 0 Å². The average molecular weight is 314 g/mol. The number of hydrogen-bond donors (Lipinski definition) is 2. The topological polar surface area (TPSA) is 82.8 Å². The summed E-state index contributed by atoms with van der Waals surface area (Å²) in [4.78, 5) is 11.9. The Kier molecular flexibility index (Phi) is 7.07. The molecule has 124 valence electrons. The van der Waals surface area contributed by atoms with Crippen molar-refractivity contribution in [1.29, 1.82) is 0 Å². The molecule has 0 fully saturated rings. The van der Waals surface area contributed by atoms with Crippen molar-refractivity contribution < 1.29 is 23.4 Å². The molecule has 1 amide bonds. The summed E-state index contributed by atoms with van der Waals surface area (Å²) >= 11 is 0. The third-order valence-corrected chi connectivity index (χ3v) is 3.36. The van der Waals surface area contributed by atoms with Gasteiger partial charge in [0.15, 0.2) is 11.5 Å². The minimum atomic E-state index is -0.525. The van der Waals surface area contributed by atoms with Crippen LogP contribution in [0.15, 0.2) is 12.1 Å². The minimum absolute atomic E-state index is 0.117. The Balaban J connectivity index is 2.85. The highest BCUT2D eigenvalue weighted by atomic mass is 19.1. The first kappa shape index (κ1) is 18.2. The number of methoxy groups -OCH3 is 3. The Hall–Kier alpha value is -1.86. The molecule has 0 aromatic heterocycles. The molecule has 22 heavy (non-hydrogen) atoms. The van der Waals surface area contributed by atoms with Crippen LogP contribution < -0.4 is 20.5 Å². The fraction of sp³-hybridized carbons (Fsp3) is 0.533. The molecule has 0 spiro atoms.